The molecule has 1 aromatic carbocycles. The maximum absolute atomic E-state index is 12.1. The minimum atomic E-state index is -1.22. The van der Waals surface area contributed by atoms with Crippen LogP contribution in [0, 0.1) is 0 Å². The van der Waals surface area contributed by atoms with Gasteiger partial charge in [0.25, 0.3) is 0 Å². The molecule has 1 saturated heterocycles. The number of benzene rings is 1. The molecule has 7 nitrogen and oxygen atoms in total. The summed E-state index contributed by atoms with van der Waals surface area (Å²) in [6, 6.07) is 3.56. The Morgan fingerprint density at radius 3 is 2.80 bits per heavy atom. The van der Waals surface area contributed by atoms with E-state index in [1.807, 2.05) is 6.92 Å². The van der Waals surface area contributed by atoms with Gasteiger partial charge in [0.05, 0.1) is 19.3 Å². The van der Waals surface area contributed by atoms with Crippen LogP contribution < -0.4 is 5.32 Å². The SMILES string of the molecule is CC1COCCN1C(=O)Nc1ccc(C(=O)O)c(O)c1. The molecule has 108 valence electrons. The number of rotatable bonds is 2. The monoisotopic (exact) mass is 280 g/mol. The number of hydrogen-bond donors (Lipinski definition) is 3. The van der Waals surface area contributed by atoms with E-state index in [1.165, 1.54) is 18.2 Å². The van der Waals surface area contributed by atoms with E-state index in [9.17, 15) is 14.7 Å². The van der Waals surface area contributed by atoms with Crippen molar-refractivity contribution in [2.45, 2.75) is 13.0 Å². The van der Waals surface area contributed by atoms with E-state index < -0.39 is 5.97 Å². The molecule has 2 amide bonds. The summed E-state index contributed by atoms with van der Waals surface area (Å²) in [5, 5.41) is 21.0. The van der Waals surface area contributed by atoms with E-state index >= 15 is 0 Å². The molecule has 1 aromatic rings. The second-order valence-electron chi connectivity index (χ2n) is 4.58. The number of nitrogens with zero attached hydrogens (tertiary/aromatic N) is 1. The van der Waals surface area contributed by atoms with E-state index in [-0.39, 0.29) is 23.4 Å². The van der Waals surface area contributed by atoms with Crippen molar-refractivity contribution >= 4 is 17.7 Å². The molecule has 1 atom stereocenters. The number of anilines is 1. The fourth-order valence-corrected chi connectivity index (χ4v) is 2.01. The summed E-state index contributed by atoms with van der Waals surface area (Å²) >= 11 is 0. The number of aromatic hydroxyl groups is 1. The first kappa shape index (κ1) is 14.1. The van der Waals surface area contributed by atoms with E-state index in [0.717, 1.165) is 0 Å². The zero-order valence-corrected chi connectivity index (χ0v) is 11.0. The number of nitrogens with one attached hydrogen (secondary N) is 1. The lowest BCUT2D eigenvalue weighted by Crippen LogP contribution is -2.48. The Labute approximate surface area is 115 Å². The summed E-state index contributed by atoms with van der Waals surface area (Å²) < 4.78 is 5.25. The van der Waals surface area contributed by atoms with Gasteiger partial charge in [0.15, 0.2) is 0 Å². The number of carbonyl (C=O) groups is 2. The smallest absolute Gasteiger partial charge is 0.339 e. The highest BCUT2D eigenvalue weighted by Gasteiger charge is 2.24. The van der Waals surface area contributed by atoms with Gasteiger partial charge in [0.2, 0.25) is 0 Å². The van der Waals surface area contributed by atoms with Gasteiger partial charge < -0.3 is 25.2 Å². The zero-order valence-electron chi connectivity index (χ0n) is 11.0. The molecule has 1 unspecified atom stereocenters. The Bertz CT molecular complexity index is 531. The molecule has 0 radical (unpaired) electrons. The number of aromatic carboxylic acids is 1. The van der Waals surface area contributed by atoms with Crippen LogP contribution >= 0.6 is 0 Å². The van der Waals surface area contributed by atoms with Crippen molar-refractivity contribution in [2.24, 2.45) is 0 Å². The van der Waals surface area contributed by atoms with E-state index in [2.05, 4.69) is 5.32 Å². The normalized spacial score (nSPS) is 18.6. The molecule has 7 heteroatoms. The van der Waals surface area contributed by atoms with Gasteiger partial charge in [-0.3, -0.25) is 0 Å². The lowest BCUT2D eigenvalue weighted by molar-refractivity contribution is 0.0222. The third-order valence-corrected chi connectivity index (χ3v) is 3.11. The van der Waals surface area contributed by atoms with Gasteiger partial charge >= 0.3 is 12.0 Å². The van der Waals surface area contributed by atoms with Gasteiger partial charge in [0, 0.05) is 18.3 Å². The van der Waals surface area contributed by atoms with Crippen molar-refractivity contribution < 1.29 is 24.5 Å². The fraction of sp³-hybridized carbons (Fsp3) is 0.385. The van der Waals surface area contributed by atoms with Crippen LogP contribution in [0.1, 0.15) is 17.3 Å². The Morgan fingerprint density at radius 1 is 1.45 bits per heavy atom. The van der Waals surface area contributed by atoms with Crippen molar-refractivity contribution in [1.82, 2.24) is 4.90 Å². The average Bonchev–Trinajstić information content (AvgIpc) is 2.38. The zero-order chi connectivity index (χ0) is 14.7. The minimum Gasteiger partial charge on any atom is -0.507 e. The average molecular weight is 280 g/mol. The van der Waals surface area contributed by atoms with Crippen molar-refractivity contribution in [1.29, 1.82) is 0 Å². The first-order valence-electron chi connectivity index (χ1n) is 6.20. The number of carbonyl (C=O) groups excluding carboxylic acids is 1. The molecule has 3 N–H and O–H groups in total. The molecule has 1 aliphatic rings. The van der Waals surface area contributed by atoms with Gasteiger partial charge in [-0.05, 0) is 19.1 Å². The van der Waals surface area contributed by atoms with Gasteiger partial charge in [-0.1, -0.05) is 0 Å². The Balaban J connectivity index is 2.08. The quantitative estimate of drug-likeness (QED) is 0.759. The summed E-state index contributed by atoms with van der Waals surface area (Å²) in [6.45, 7) is 3.34. The number of hydrogen-bond acceptors (Lipinski definition) is 4. The molecule has 0 aromatic heterocycles. The lowest BCUT2D eigenvalue weighted by Gasteiger charge is -2.33. The number of phenols is 1. The number of amides is 2. The Morgan fingerprint density at radius 2 is 2.20 bits per heavy atom. The molecular weight excluding hydrogens is 264 g/mol. The first-order valence-corrected chi connectivity index (χ1v) is 6.20. The van der Waals surface area contributed by atoms with Crippen LogP contribution in [-0.4, -0.2) is 52.9 Å². The highest BCUT2D eigenvalue weighted by Crippen LogP contribution is 2.22. The number of ether oxygens (including phenoxy) is 1. The summed E-state index contributed by atoms with van der Waals surface area (Å²) in [5.74, 6) is -1.60. The van der Waals surface area contributed by atoms with Crippen LogP contribution in [0.25, 0.3) is 0 Å². The number of carboxylic acid groups (broad SMARTS) is 1. The summed E-state index contributed by atoms with van der Waals surface area (Å²) in [4.78, 5) is 24.5. The number of morpholine rings is 1. The Kier molecular flexibility index (Phi) is 4.09. The summed E-state index contributed by atoms with van der Waals surface area (Å²) in [7, 11) is 0. The number of carboxylic acids is 1. The van der Waals surface area contributed by atoms with Gasteiger partial charge in [0.1, 0.15) is 11.3 Å². The van der Waals surface area contributed by atoms with Crippen molar-refractivity contribution in [3.8, 4) is 5.75 Å². The fourth-order valence-electron chi connectivity index (χ4n) is 2.01. The summed E-state index contributed by atoms with van der Waals surface area (Å²) in [6.07, 6.45) is 0. The molecule has 2 rings (SSSR count). The maximum atomic E-state index is 12.1. The number of urea groups is 1. The van der Waals surface area contributed by atoms with Crippen molar-refractivity contribution in [3.05, 3.63) is 23.8 Å². The van der Waals surface area contributed by atoms with Crippen LogP contribution in [0.15, 0.2) is 18.2 Å². The van der Waals surface area contributed by atoms with Crippen LogP contribution in [0.2, 0.25) is 0 Å². The predicted octanol–water partition coefficient (Wildman–Crippen LogP) is 1.34. The van der Waals surface area contributed by atoms with E-state index in [1.54, 1.807) is 4.90 Å². The van der Waals surface area contributed by atoms with Crippen LogP contribution in [0.5, 0.6) is 5.75 Å². The minimum absolute atomic E-state index is 0.0318. The highest BCUT2D eigenvalue weighted by atomic mass is 16.5. The summed E-state index contributed by atoms with van der Waals surface area (Å²) in [5.41, 5.74) is 0.138. The van der Waals surface area contributed by atoms with E-state index in [4.69, 9.17) is 9.84 Å². The molecule has 0 bridgehead atoms. The topological polar surface area (TPSA) is 99.1 Å². The molecule has 0 saturated carbocycles. The van der Waals surface area contributed by atoms with Crippen LogP contribution in [0.3, 0.4) is 0 Å². The molecule has 1 fully saturated rings. The molecule has 0 aliphatic carbocycles. The van der Waals surface area contributed by atoms with Gasteiger partial charge in [-0.15, -0.1) is 0 Å². The standard InChI is InChI=1S/C13H16N2O5/c1-8-7-20-5-4-15(8)13(19)14-9-2-3-10(12(17)18)11(16)6-9/h2-3,6,8,16H,4-5,7H2,1H3,(H,14,19)(H,17,18). The molecule has 1 aliphatic heterocycles. The van der Waals surface area contributed by atoms with Crippen LogP contribution in [-0.2, 0) is 4.74 Å². The first-order chi connectivity index (χ1) is 9.49. The van der Waals surface area contributed by atoms with Crippen LogP contribution in [0.4, 0.5) is 10.5 Å². The van der Waals surface area contributed by atoms with Crippen molar-refractivity contribution in [3.63, 3.8) is 0 Å². The third-order valence-electron chi connectivity index (χ3n) is 3.11. The molecule has 20 heavy (non-hydrogen) atoms. The largest absolute Gasteiger partial charge is 0.507 e. The van der Waals surface area contributed by atoms with E-state index in [0.29, 0.717) is 25.4 Å². The van der Waals surface area contributed by atoms with Gasteiger partial charge in [-0.2, -0.15) is 0 Å². The predicted molar refractivity (Wildman–Crippen MR) is 71.1 cm³/mol. The lowest BCUT2D eigenvalue weighted by atomic mass is 10.2. The highest BCUT2D eigenvalue weighted by molar-refractivity contribution is 5.94. The molecule has 1 heterocycles. The van der Waals surface area contributed by atoms with Gasteiger partial charge in [-0.25, -0.2) is 9.59 Å². The Hall–Kier alpha value is -2.28. The third kappa shape index (κ3) is 3.00. The maximum Gasteiger partial charge on any atom is 0.339 e. The molecule has 0 spiro atoms. The molecular formula is C13H16N2O5. The second kappa shape index (κ2) is 5.79. The second-order valence-corrected chi connectivity index (χ2v) is 4.58. The van der Waals surface area contributed by atoms with Crippen molar-refractivity contribution in [2.75, 3.05) is 25.1 Å².